The molecule has 4 heteroatoms. The maximum absolute atomic E-state index is 11.8. The molecule has 1 aliphatic rings. The number of aryl methyl sites for hydroxylation is 1. The summed E-state index contributed by atoms with van der Waals surface area (Å²) in [4.78, 5) is 11.8. The van der Waals surface area contributed by atoms with E-state index in [1.54, 1.807) is 0 Å². The Bertz CT molecular complexity index is 339. The number of nitrogens with one attached hydrogen (secondary N) is 2. The molecule has 2 rings (SSSR count). The van der Waals surface area contributed by atoms with Gasteiger partial charge in [-0.1, -0.05) is 0 Å². The zero-order valence-electron chi connectivity index (χ0n) is 8.99. The number of carbonyl (C=O) groups excluding carboxylic acids is 1. The summed E-state index contributed by atoms with van der Waals surface area (Å²) in [5.41, 5.74) is 0.723. The predicted octanol–water partition coefficient (Wildman–Crippen LogP) is 0.507. The monoisotopic (exact) mass is 207 g/mol. The van der Waals surface area contributed by atoms with Crippen LogP contribution < -0.4 is 10.6 Å². The Morgan fingerprint density at radius 3 is 3.13 bits per heavy atom. The molecule has 0 bridgehead atoms. The molecule has 0 aliphatic carbocycles. The largest absolute Gasteiger partial charge is 0.347 e. The number of amides is 1. The van der Waals surface area contributed by atoms with Gasteiger partial charge in [-0.3, -0.25) is 4.79 Å². The summed E-state index contributed by atoms with van der Waals surface area (Å²) in [6.07, 6.45) is 4.09. The standard InChI is InChI=1S/C11H17N3O/c1-14-7-3-5-10(14)11(15)13-9-4-2-6-12-8-9/h3,5,7,9,12H,2,4,6,8H2,1H3,(H,13,15)/t9-/m0/s1. The van der Waals surface area contributed by atoms with Crippen molar-refractivity contribution in [3.05, 3.63) is 24.0 Å². The van der Waals surface area contributed by atoms with E-state index in [4.69, 9.17) is 0 Å². The van der Waals surface area contributed by atoms with Crippen LogP contribution in [0.25, 0.3) is 0 Å². The second-order valence-electron chi connectivity index (χ2n) is 4.02. The van der Waals surface area contributed by atoms with Crippen LogP contribution in [0.5, 0.6) is 0 Å². The molecular weight excluding hydrogens is 190 g/mol. The van der Waals surface area contributed by atoms with Gasteiger partial charge in [0, 0.05) is 25.8 Å². The van der Waals surface area contributed by atoms with Gasteiger partial charge in [-0.05, 0) is 31.5 Å². The predicted molar refractivity (Wildman–Crippen MR) is 58.8 cm³/mol. The summed E-state index contributed by atoms with van der Waals surface area (Å²) in [6, 6.07) is 4.00. The first-order valence-corrected chi connectivity index (χ1v) is 5.40. The van der Waals surface area contributed by atoms with Crippen molar-refractivity contribution in [2.75, 3.05) is 13.1 Å². The number of piperidine rings is 1. The van der Waals surface area contributed by atoms with Crippen molar-refractivity contribution in [1.82, 2.24) is 15.2 Å². The number of nitrogens with zero attached hydrogens (tertiary/aromatic N) is 1. The highest BCUT2D eigenvalue weighted by Gasteiger charge is 2.17. The van der Waals surface area contributed by atoms with Gasteiger partial charge in [-0.2, -0.15) is 0 Å². The maximum Gasteiger partial charge on any atom is 0.268 e. The van der Waals surface area contributed by atoms with Gasteiger partial charge in [0.15, 0.2) is 0 Å². The summed E-state index contributed by atoms with van der Waals surface area (Å²) in [7, 11) is 1.88. The first-order chi connectivity index (χ1) is 7.27. The van der Waals surface area contributed by atoms with E-state index in [1.807, 2.05) is 29.9 Å². The number of carbonyl (C=O) groups is 1. The Hall–Kier alpha value is -1.29. The maximum atomic E-state index is 11.8. The second-order valence-corrected chi connectivity index (χ2v) is 4.02. The van der Waals surface area contributed by atoms with Gasteiger partial charge in [-0.15, -0.1) is 0 Å². The van der Waals surface area contributed by atoms with Gasteiger partial charge in [-0.25, -0.2) is 0 Å². The van der Waals surface area contributed by atoms with Crippen molar-refractivity contribution in [2.45, 2.75) is 18.9 Å². The van der Waals surface area contributed by atoms with Crippen molar-refractivity contribution >= 4 is 5.91 Å². The van der Waals surface area contributed by atoms with Crippen molar-refractivity contribution in [3.63, 3.8) is 0 Å². The zero-order chi connectivity index (χ0) is 10.7. The Kier molecular flexibility index (Phi) is 3.06. The van der Waals surface area contributed by atoms with Crippen LogP contribution in [0.2, 0.25) is 0 Å². The molecule has 2 N–H and O–H groups in total. The van der Waals surface area contributed by atoms with E-state index >= 15 is 0 Å². The lowest BCUT2D eigenvalue weighted by Crippen LogP contribution is -2.45. The van der Waals surface area contributed by atoms with Gasteiger partial charge in [0.25, 0.3) is 5.91 Å². The van der Waals surface area contributed by atoms with Crippen molar-refractivity contribution in [2.24, 2.45) is 7.05 Å². The van der Waals surface area contributed by atoms with Crippen LogP contribution in [0.1, 0.15) is 23.3 Å². The first kappa shape index (κ1) is 10.2. The SMILES string of the molecule is Cn1cccc1C(=O)N[C@H]1CCCNC1. The summed E-state index contributed by atoms with van der Waals surface area (Å²) >= 11 is 0. The van der Waals surface area contributed by atoms with Gasteiger partial charge in [0.2, 0.25) is 0 Å². The Morgan fingerprint density at radius 1 is 1.67 bits per heavy atom. The van der Waals surface area contributed by atoms with Crippen LogP contribution in [0, 0.1) is 0 Å². The fraction of sp³-hybridized carbons (Fsp3) is 0.545. The highest BCUT2D eigenvalue weighted by Crippen LogP contribution is 2.04. The minimum absolute atomic E-state index is 0.0243. The number of hydrogen-bond donors (Lipinski definition) is 2. The lowest BCUT2D eigenvalue weighted by Gasteiger charge is -2.23. The first-order valence-electron chi connectivity index (χ1n) is 5.40. The van der Waals surface area contributed by atoms with Gasteiger partial charge >= 0.3 is 0 Å². The van der Waals surface area contributed by atoms with Crippen LogP contribution in [-0.2, 0) is 7.05 Å². The molecule has 1 aromatic rings. The van der Waals surface area contributed by atoms with E-state index in [-0.39, 0.29) is 11.9 Å². The van der Waals surface area contributed by atoms with E-state index in [0.29, 0.717) is 0 Å². The van der Waals surface area contributed by atoms with Gasteiger partial charge < -0.3 is 15.2 Å². The molecule has 0 aromatic carbocycles. The topological polar surface area (TPSA) is 46.1 Å². The molecule has 0 radical (unpaired) electrons. The number of aromatic nitrogens is 1. The van der Waals surface area contributed by atoms with E-state index in [1.165, 1.54) is 0 Å². The smallest absolute Gasteiger partial charge is 0.268 e. The molecule has 2 heterocycles. The molecule has 1 atom stereocenters. The molecule has 1 aromatic heterocycles. The number of rotatable bonds is 2. The van der Waals surface area contributed by atoms with Crippen LogP contribution in [0.3, 0.4) is 0 Å². The van der Waals surface area contributed by atoms with Crippen LogP contribution in [-0.4, -0.2) is 29.6 Å². The lowest BCUT2D eigenvalue weighted by molar-refractivity contribution is 0.0922. The molecule has 1 amide bonds. The molecule has 1 fully saturated rings. The van der Waals surface area contributed by atoms with Crippen LogP contribution >= 0.6 is 0 Å². The van der Waals surface area contributed by atoms with Crippen LogP contribution in [0.4, 0.5) is 0 Å². The molecule has 4 nitrogen and oxygen atoms in total. The zero-order valence-corrected chi connectivity index (χ0v) is 8.99. The molecule has 0 unspecified atom stereocenters. The average molecular weight is 207 g/mol. The lowest BCUT2D eigenvalue weighted by atomic mass is 10.1. The third-order valence-electron chi connectivity index (χ3n) is 2.81. The molecular formula is C11H17N3O. The third kappa shape index (κ3) is 2.39. The summed E-state index contributed by atoms with van der Waals surface area (Å²) in [6.45, 7) is 1.95. The van der Waals surface area contributed by atoms with E-state index in [2.05, 4.69) is 10.6 Å². The minimum atomic E-state index is 0.0243. The fourth-order valence-electron chi connectivity index (χ4n) is 1.93. The molecule has 0 spiro atoms. The normalized spacial score (nSPS) is 21.3. The highest BCUT2D eigenvalue weighted by atomic mass is 16.2. The molecule has 15 heavy (non-hydrogen) atoms. The Labute approximate surface area is 89.7 Å². The van der Waals surface area contributed by atoms with Crippen molar-refractivity contribution in [1.29, 1.82) is 0 Å². The molecule has 1 aliphatic heterocycles. The molecule has 1 saturated heterocycles. The summed E-state index contributed by atoms with van der Waals surface area (Å²) in [5.74, 6) is 0.0243. The van der Waals surface area contributed by atoms with Crippen molar-refractivity contribution < 1.29 is 4.79 Å². The van der Waals surface area contributed by atoms with E-state index in [9.17, 15) is 4.79 Å². The Balaban J connectivity index is 1.94. The quantitative estimate of drug-likeness (QED) is 0.742. The highest BCUT2D eigenvalue weighted by molar-refractivity contribution is 5.92. The van der Waals surface area contributed by atoms with Gasteiger partial charge in [0.05, 0.1) is 0 Å². The molecule has 0 saturated carbocycles. The second kappa shape index (κ2) is 4.49. The van der Waals surface area contributed by atoms with E-state index in [0.717, 1.165) is 31.6 Å². The van der Waals surface area contributed by atoms with Crippen LogP contribution in [0.15, 0.2) is 18.3 Å². The average Bonchev–Trinajstić information content (AvgIpc) is 2.66. The summed E-state index contributed by atoms with van der Waals surface area (Å²) in [5, 5.41) is 6.32. The fourth-order valence-corrected chi connectivity index (χ4v) is 1.93. The van der Waals surface area contributed by atoms with Gasteiger partial charge in [0.1, 0.15) is 5.69 Å². The third-order valence-corrected chi connectivity index (χ3v) is 2.81. The Morgan fingerprint density at radius 2 is 2.53 bits per heavy atom. The van der Waals surface area contributed by atoms with E-state index < -0.39 is 0 Å². The minimum Gasteiger partial charge on any atom is -0.347 e. The van der Waals surface area contributed by atoms with Crippen molar-refractivity contribution in [3.8, 4) is 0 Å². The number of hydrogen-bond acceptors (Lipinski definition) is 2. The molecule has 82 valence electrons. The summed E-state index contributed by atoms with van der Waals surface area (Å²) < 4.78 is 1.84.